The minimum Gasteiger partial charge on any atom is -0.364 e. The number of pyridine rings is 1. The van der Waals surface area contributed by atoms with Crippen LogP contribution in [0.2, 0.25) is 5.02 Å². The predicted octanol–water partition coefficient (Wildman–Crippen LogP) is 2.90. The average Bonchev–Trinajstić information content (AvgIpc) is 3.13. The Morgan fingerprint density at radius 3 is 3.07 bits per heavy atom. The van der Waals surface area contributed by atoms with Gasteiger partial charge in [-0.1, -0.05) is 11.6 Å². The first kappa shape index (κ1) is 19.1. The highest BCUT2D eigenvalue weighted by Gasteiger charge is 2.24. The van der Waals surface area contributed by atoms with Crippen LogP contribution in [0, 0.1) is 17.1 Å². The van der Waals surface area contributed by atoms with Gasteiger partial charge in [-0.15, -0.1) is 0 Å². The van der Waals surface area contributed by atoms with Crippen LogP contribution in [0.5, 0.6) is 0 Å². The molecule has 0 bridgehead atoms. The highest BCUT2D eigenvalue weighted by Crippen LogP contribution is 2.26. The zero-order chi connectivity index (χ0) is 20.4. The van der Waals surface area contributed by atoms with Crippen LogP contribution >= 0.6 is 11.6 Å². The fourth-order valence-electron chi connectivity index (χ4n) is 3.41. The molecule has 3 aromatic heterocycles. The Bertz CT molecular complexity index is 1110. The smallest absolute Gasteiger partial charge is 0.236 e. The van der Waals surface area contributed by atoms with Crippen molar-refractivity contribution in [1.82, 2.24) is 24.3 Å². The zero-order valence-electron chi connectivity index (χ0n) is 15.3. The van der Waals surface area contributed by atoms with Gasteiger partial charge in [0.15, 0.2) is 5.82 Å². The van der Waals surface area contributed by atoms with Crippen LogP contribution < -0.4 is 5.32 Å². The van der Waals surface area contributed by atoms with Crippen molar-refractivity contribution in [3.8, 4) is 17.6 Å². The molecule has 1 amide bonds. The van der Waals surface area contributed by atoms with E-state index >= 15 is 0 Å². The number of nitrogens with one attached hydrogen (secondary N) is 1. The highest BCUT2D eigenvalue weighted by molar-refractivity contribution is 6.32. The number of hydrogen-bond donors (Lipinski definition) is 1. The predicted molar refractivity (Wildman–Crippen MR) is 105 cm³/mol. The molecule has 0 aliphatic carbocycles. The van der Waals surface area contributed by atoms with Crippen molar-refractivity contribution in [2.45, 2.75) is 25.3 Å². The van der Waals surface area contributed by atoms with E-state index < -0.39 is 5.82 Å². The number of hydrogen-bond acceptors (Lipinski definition) is 6. The first-order chi connectivity index (χ1) is 14.0. The molecule has 0 radical (unpaired) electrons. The third-order valence-electron chi connectivity index (χ3n) is 4.79. The van der Waals surface area contributed by atoms with Gasteiger partial charge in [-0.3, -0.25) is 9.20 Å². The molecule has 8 nitrogen and oxygen atoms in total. The lowest BCUT2D eigenvalue weighted by atomic mass is 10.1. The Morgan fingerprint density at radius 2 is 2.24 bits per heavy atom. The molecule has 4 rings (SSSR count). The Labute approximate surface area is 171 Å². The Kier molecular flexibility index (Phi) is 5.27. The molecule has 1 atom stereocenters. The number of piperidine rings is 1. The van der Waals surface area contributed by atoms with Crippen molar-refractivity contribution in [2.24, 2.45) is 0 Å². The zero-order valence-corrected chi connectivity index (χ0v) is 16.1. The van der Waals surface area contributed by atoms with E-state index in [1.54, 1.807) is 21.6 Å². The number of carbonyl (C=O) groups excluding carboxylic acids is 1. The minimum atomic E-state index is -0.395. The van der Waals surface area contributed by atoms with Crippen LogP contribution in [0.1, 0.15) is 19.3 Å². The summed E-state index contributed by atoms with van der Waals surface area (Å²) in [6.07, 6.45) is 5.90. The maximum absolute atomic E-state index is 13.6. The van der Waals surface area contributed by atoms with Gasteiger partial charge in [-0.2, -0.15) is 5.26 Å². The van der Waals surface area contributed by atoms with Crippen molar-refractivity contribution in [3.05, 3.63) is 41.6 Å². The fraction of sp³-hybridized carbons (Fsp3) is 0.316. The number of rotatable bonds is 4. The molecular weight excluding hydrogens is 397 g/mol. The quantitative estimate of drug-likeness (QED) is 0.706. The minimum absolute atomic E-state index is 0.0497. The first-order valence-corrected chi connectivity index (χ1v) is 9.49. The SMILES string of the molecule is N#CCC(=O)N1CCC[C@@H](Nc2nc(-c3cnc4ccc(F)cn34)ncc2Cl)C1. The monoisotopic (exact) mass is 413 g/mol. The normalized spacial score (nSPS) is 16.6. The number of fused-ring (bicyclic) bond motifs is 1. The third-order valence-corrected chi connectivity index (χ3v) is 5.06. The number of nitrogens with zero attached hydrogens (tertiary/aromatic N) is 6. The van der Waals surface area contributed by atoms with Crippen LogP contribution in [-0.2, 0) is 4.79 Å². The second-order valence-corrected chi connectivity index (χ2v) is 7.17. The number of anilines is 1. The average molecular weight is 414 g/mol. The van der Waals surface area contributed by atoms with Crippen LogP contribution in [0.25, 0.3) is 17.2 Å². The van der Waals surface area contributed by atoms with E-state index in [0.717, 1.165) is 12.8 Å². The van der Waals surface area contributed by atoms with Crippen molar-refractivity contribution in [1.29, 1.82) is 5.26 Å². The Balaban J connectivity index is 1.58. The number of halogens is 2. The Morgan fingerprint density at radius 1 is 1.38 bits per heavy atom. The summed E-state index contributed by atoms with van der Waals surface area (Å²) in [6, 6.07) is 4.75. The summed E-state index contributed by atoms with van der Waals surface area (Å²) in [6.45, 7) is 1.10. The van der Waals surface area contributed by atoms with Crippen LogP contribution in [0.4, 0.5) is 10.2 Å². The summed E-state index contributed by atoms with van der Waals surface area (Å²) < 4.78 is 15.2. The van der Waals surface area contributed by atoms with Gasteiger partial charge in [0.1, 0.15) is 34.4 Å². The largest absolute Gasteiger partial charge is 0.364 e. The second-order valence-electron chi connectivity index (χ2n) is 6.77. The summed E-state index contributed by atoms with van der Waals surface area (Å²) in [4.78, 5) is 26.7. The number of amides is 1. The van der Waals surface area contributed by atoms with Crippen molar-refractivity contribution < 1.29 is 9.18 Å². The summed E-state index contributed by atoms with van der Waals surface area (Å²) >= 11 is 6.28. The molecule has 0 saturated carbocycles. The molecule has 3 aromatic rings. The lowest BCUT2D eigenvalue weighted by Gasteiger charge is -2.33. The van der Waals surface area contributed by atoms with Crippen molar-refractivity contribution in [2.75, 3.05) is 18.4 Å². The van der Waals surface area contributed by atoms with Crippen molar-refractivity contribution in [3.63, 3.8) is 0 Å². The van der Waals surface area contributed by atoms with E-state index in [2.05, 4.69) is 20.3 Å². The van der Waals surface area contributed by atoms with Crippen LogP contribution in [-0.4, -0.2) is 49.3 Å². The summed E-state index contributed by atoms with van der Waals surface area (Å²) in [7, 11) is 0. The Hall–Kier alpha value is -3.25. The van der Waals surface area contributed by atoms with E-state index in [0.29, 0.717) is 41.1 Å². The molecule has 29 heavy (non-hydrogen) atoms. The molecule has 148 valence electrons. The molecule has 10 heteroatoms. The topological polar surface area (TPSA) is 99.2 Å². The van der Waals surface area contributed by atoms with Gasteiger partial charge in [0.05, 0.1) is 18.5 Å². The third kappa shape index (κ3) is 3.98. The van der Waals surface area contributed by atoms with Gasteiger partial charge >= 0.3 is 0 Å². The fourth-order valence-corrected chi connectivity index (χ4v) is 3.55. The molecule has 1 saturated heterocycles. The van der Waals surface area contributed by atoms with Crippen LogP contribution in [0.3, 0.4) is 0 Å². The second kappa shape index (κ2) is 8.01. The van der Waals surface area contributed by atoms with E-state index in [-0.39, 0.29) is 18.4 Å². The van der Waals surface area contributed by atoms with E-state index in [1.165, 1.54) is 18.5 Å². The van der Waals surface area contributed by atoms with Crippen molar-refractivity contribution >= 4 is 29.0 Å². The summed E-state index contributed by atoms with van der Waals surface area (Å²) in [5.74, 6) is 0.209. The number of aromatic nitrogens is 4. The maximum Gasteiger partial charge on any atom is 0.236 e. The van der Waals surface area contributed by atoms with E-state index in [9.17, 15) is 9.18 Å². The highest BCUT2D eigenvalue weighted by atomic mass is 35.5. The number of imidazole rings is 1. The van der Waals surface area contributed by atoms with Gasteiger partial charge in [0.25, 0.3) is 0 Å². The molecule has 1 N–H and O–H groups in total. The lowest BCUT2D eigenvalue weighted by molar-refractivity contribution is -0.131. The van der Waals surface area contributed by atoms with Gasteiger partial charge in [-0.25, -0.2) is 19.3 Å². The molecule has 0 unspecified atom stereocenters. The molecule has 1 aliphatic rings. The summed E-state index contributed by atoms with van der Waals surface area (Å²) in [5, 5.41) is 12.4. The molecule has 0 spiro atoms. The van der Waals surface area contributed by atoms with Gasteiger partial charge in [0.2, 0.25) is 5.91 Å². The molecule has 1 fully saturated rings. The van der Waals surface area contributed by atoms with Gasteiger partial charge in [0, 0.05) is 25.3 Å². The standard InChI is InChI=1S/C19H17ClFN7O/c20-14-8-24-19(15-9-23-16-4-3-12(21)10-28(15)16)26-18(14)25-13-2-1-7-27(11-13)17(29)5-6-22/h3-4,8-10,13H,1-2,5,7,11H2,(H,24,25,26)/t13-/m1/s1. The first-order valence-electron chi connectivity index (χ1n) is 9.12. The lowest BCUT2D eigenvalue weighted by Crippen LogP contribution is -2.45. The van der Waals surface area contributed by atoms with Gasteiger partial charge in [-0.05, 0) is 25.0 Å². The number of carbonyl (C=O) groups is 1. The molecule has 0 aromatic carbocycles. The molecular formula is C19H17ClFN7O. The molecule has 1 aliphatic heterocycles. The van der Waals surface area contributed by atoms with E-state index in [4.69, 9.17) is 16.9 Å². The van der Waals surface area contributed by atoms with E-state index in [1.807, 2.05) is 6.07 Å². The maximum atomic E-state index is 13.6. The molecule has 4 heterocycles. The number of likely N-dealkylation sites (tertiary alicyclic amines) is 1. The number of nitriles is 1. The van der Waals surface area contributed by atoms with Crippen LogP contribution in [0.15, 0.2) is 30.7 Å². The van der Waals surface area contributed by atoms with Gasteiger partial charge < -0.3 is 10.2 Å². The summed E-state index contributed by atoms with van der Waals surface area (Å²) in [5.41, 5.74) is 1.11.